The number of nitrogens with two attached hydrogens (primary N) is 1. The molecule has 2 fully saturated rings. The summed E-state index contributed by atoms with van der Waals surface area (Å²) in [6, 6.07) is 6.18. The van der Waals surface area contributed by atoms with E-state index in [-0.39, 0.29) is 55.7 Å². The lowest BCUT2D eigenvalue weighted by atomic mass is 9.75. The number of hydrogen-bond donors (Lipinski definition) is 2. The summed E-state index contributed by atoms with van der Waals surface area (Å²) in [6.45, 7) is 2.68. The minimum absolute atomic E-state index is 0.0413. The summed E-state index contributed by atoms with van der Waals surface area (Å²) in [5.41, 5.74) is 5.21. The van der Waals surface area contributed by atoms with Gasteiger partial charge in [-0.2, -0.15) is 0 Å². The summed E-state index contributed by atoms with van der Waals surface area (Å²) in [6.07, 6.45) is 6.38. The number of carbonyl (C=O) groups is 1. The number of ketones is 1. The Morgan fingerprint density at radius 1 is 1.08 bits per heavy atom. The first-order chi connectivity index (χ1) is 18.6. The first-order valence-corrected chi connectivity index (χ1v) is 13.3. The molecule has 3 heterocycles. The van der Waals surface area contributed by atoms with Gasteiger partial charge in [-0.05, 0) is 78.1 Å². The summed E-state index contributed by atoms with van der Waals surface area (Å²) in [4.78, 5) is 21.5. The number of pyridine rings is 2. The molecule has 2 aromatic heterocycles. The Bertz CT molecular complexity index is 1340. The Kier molecular flexibility index (Phi) is 7.84. The number of aromatic nitrogens is 2. The number of nitrogens with zero attached hydrogens (tertiary/aromatic N) is 2. The van der Waals surface area contributed by atoms with Crippen molar-refractivity contribution in [1.29, 1.82) is 0 Å². The molecule has 1 aliphatic carbocycles. The summed E-state index contributed by atoms with van der Waals surface area (Å²) in [5.74, 6) is -2.88. The van der Waals surface area contributed by atoms with Crippen LogP contribution in [0, 0.1) is 23.4 Å². The van der Waals surface area contributed by atoms with Gasteiger partial charge in [-0.3, -0.25) is 9.78 Å². The molecule has 6 nitrogen and oxygen atoms in total. The summed E-state index contributed by atoms with van der Waals surface area (Å²) in [7, 11) is 0. The van der Waals surface area contributed by atoms with Crippen molar-refractivity contribution in [2.75, 3.05) is 13.2 Å². The minimum Gasteiger partial charge on any atom is -0.385 e. The second-order valence-electron chi connectivity index (χ2n) is 10.9. The number of carbonyl (C=O) groups excluding carboxylic acids is 1. The molecule has 0 spiro atoms. The highest BCUT2D eigenvalue weighted by molar-refractivity contribution is 5.96. The van der Waals surface area contributed by atoms with Gasteiger partial charge in [0.05, 0.1) is 11.2 Å². The van der Waals surface area contributed by atoms with E-state index in [1.807, 2.05) is 6.07 Å². The Morgan fingerprint density at radius 3 is 2.49 bits per heavy atom. The fourth-order valence-corrected chi connectivity index (χ4v) is 6.00. The second kappa shape index (κ2) is 11.2. The van der Waals surface area contributed by atoms with Crippen LogP contribution in [0.2, 0.25) is 0 Å². The van der Waals surface area contributed by atoms with Crippen LogP contribution in [0.15, 0.2) is 42.7 Å². The number of aliphatic hydroxyl groups is 1. The van der Waals surface area contributed by atoms with Gasteiger partial charge in [0.15, 0.2) is 5.78 Å². The Hall–Kier alpha value is -3.14. The molecular weight excluding hydrogens is 507 g/mol. The predicted octanol–water partition coefficient (Wildman–Crippen LogP) is 5.22. The van der Waals surface area contributed by atoms with E-state index >= 15 is 8.78 Å². The quantitative estimate of drug-likeness (QED) is 0.417. The molecule has 2 aliphatic rings. The first kappa shape index (κ1) is 27.4. The summed E-state index contributed by atoms with van der Waals surface area (Å²) < 4.78 is 50.5. The standard InChI is InChI=1S/C30H32F3N3O3/c1-17-10-18(12-21(34)11-17)22-4-7-35-16-19(22)13-27(37)26-3-2-23(31)29(36-26)28-24(32)14-20(15-25(28)33)30(38)5-8-39-9-6-30/h2-4,7,14-18,21,38H,5-6,8-13,34H2,1H3/t17-,18+,21-/m0/s1. The molecular formula is C30H32F3N3O3. The van der Waals surface area contributed by atoms with Crippen LogP contribution in [-0.4, -0.2) is 40.1 Å². The zero-order valence-corrected chi connectivity index (χ0v) is 21.8. The molecule has 3 N–H and O–H groups in total. The summed E-state index contributed by atoms with van der Waals surface area (Å²) in [5, 5.41) is 10.9. The Balaban J connectivity index is 1.43. The SMILES string of the molecule is C[C@@H]1C[C@H](N)C[C@H](c2ccncc2CC(=O)c2ccc(F)c(-c3c(F)cc(C4(O)CCOCC4)cc3F)n2)C1. The van der Waals surface area contributed by atoms with E-state index < -0.39 is 40.1 Å². The van der Waals surface area contributed by atoms with Gasteiger partial charge < -0.3 is 15.6 Å². The highest BCUT2D eigenvalue weighted by Gasteiger charge is 2.34. The van der Waals surface area contributed by atoms with Crippen LogP contribution >= 0.6 is 0 Å². The van der Waals surface area contributed by atoms with Gasteiger partial charge >= 0.3 is 0 Å². The number of hydrogen-bond acceptors (Lipinski definition) is 6. The van der Waals surface area contributed by atoms with Crippen LogP contribution in [0.25, 0.3) is 11.3 Å². The van der Waals surface area contributed by atoms with Crippen LogP contribution in [0.4, 0.5) is 13.2 Å². The smallest absolute Gasteiger partial charge is 0.185 e. The van der Waals surface area contributed by atoms with Gasteiger partial charge in [0.2, 0.25) is 0 Å². The van der Waals surface area contributed by atoms with Crippen molar-refractivity contribution < 1.29 is 27.8 Å². The van der Waals surface area contributed by atoms with E-state index in [0.29, 0.717) is 5.92 Å². The van der Waals surface area contributed by atoms with E-state index in [9.17, 15) is 14.3 Å². The van der Waals surface area contributed by atoms with E-state index in [0.717, 1.165) is 48.6 Å². The number of benzene rings is 1. The fraction of sp³-hybridized carbons (Fsp3) is 0.433. The lowest BCUT2D eigenvalue weighted by molar-refractivity contribution is -0.0682. The molecule has 0 amide bonds. The fourth-order valence-electron chi connectivity index (χ4n) is 6.00. The van der Waals surface area contributed by atoms with Gasteiger partial charge in [0, 0.05) is 50.9 Å². The van der Waals surface area contributed by atoms with E-state index in [1.54, 1.807) is 12.4 Å². The molecule has 1 saturated heterocycles. The topological polar surface area (TPSA) is 98.3 Å². The van der Waals surface area contributed by atoms with Crippen molar-refractivity contribution in [3.8, 4) is 11.3 Å². The first-order valence-electron chi connectivity index (χ1n) is 13.3. The van der Waals surface area contributed by atoms with Gasteiger partial charge in [0.1, 0.15) is 28.8 Å². The van der Waals surface area contributed by atoms with Gasteiger partial charge in [0.25, 0.3) is 0 Å². The van der Waals surface area contributed by atoms with E-state index in [1.165, 1.54) is 6.07 Å². The van der Waals surface area contributed by atoms with Crippen molar-refractivity contribution >= 4 is 5.78 Å². The van der Waals surface area contributed by atoms with Gasteiger partial charge in [-0.25, -0.2) is 18.2 Å². The molecule has 0 radical (unpaired) electrons. The molecule has 1 saturated carbocycles. The van der Waals surface area contributed by atoms with Gasteiger partial charge in [-0.15, -0.1) is 0 Å². The average molecular weight is 540 g/mol. The molecule has 3 atom stereocenters. The molecule has 0 bridgehead atoms. The number of ether oxygens (including phenoxy) is 1. The highest BCUT2D eigenvalue weighted by Crippen LogP contribution is 2.38. The zero-order chi connectivity index (χ0) is 27.7. The zero-order valence-electron chi connectivity index (χ0n) is 21.8. The highest BCUT2D eigenvalue weighted by atomic mass is 19.1. The lowest BCUT2D eigenvalue weighted by Crippen LogP contribution is -2.33. The maximum absolute atomic E-state index is 15.2. The maximum Gasteiger partial charge on any atom is 0.185 e. The van der Waals surface area contributed by atoms with Crippen LogP contribution in [0.5, 0.6) is 0 Å². The number of rotatable bonds is 6. The minimum atomic E-state index is -1.44. The van der Waals surface area contributed by atoms with Crippen molar-refractivity contribution in [3.63, 3.8) is 0 Å². The lowest BCUT2D eigenvalue weighted by Gasteiger charge is -2.32. The third-order valence-corrected chi connectivity index (χ3v) is 7.98. The molecule has 3 aromatic rings. The maximum atomic E-state index is 15.2. The molecule has 9 heteroatoms. The van der Waals surface area contributed by atoms with Crippen LogP contribution in [0.1, 0.15) is 72.1 Å². The molecule has 0 unspecified atom stereocenters. The second-order valence-corrected chi connectivity index (χ2v) is 10.9. The van der Waals surface area contributed by atoms with Crippen molar-refractivity contribution in [1.82, 2.24) is 9.97 Å². The predicted molar refractivity (Wildman–Crippen MR) is 139 cm³/mol. The third kappa shape index (κ3) is 5.76. The van der Waals surface area contributed by atoms with Crippen LogP contribution < -0.4 is 5.73 Å². The summed E-state index contributed by atoms with van der Waals surface area (Å²) >= 11 is 0. The number of Topliss-reactive ketones (excluding diaryl/α,β-unsaturated/α-hetero) is 1. The normalized spacial score (nSPS) is 23.0. The monoisotopic (exact) mass is 539 g/mol. The molecule has 206 valence electrons. The van der Waals surface area contributed by atoms with Gasteiger partial charge in [-0.1, -0.05) is 6.92 Å². The average Bonchev–Trinajstić information content (AvgIpc) is 2.89. The molecule has 1 aliphatic heterocycles. The van der Waals surface area contributed by atoms with Crippen LogP contribution in [-0.2, 0) is 16.8 Å². The van der Waals surface area contributed by atoms with Crippen molar-refractivity contribution in [2.45, 2.75) is 63.0 Å². The van der Waals surface area contributed by atoms with Crippen molar-refractivity contribution in [3.05, 3.63) is 82.6 Å². The molecule has 39 heavy (non-hydrogen) atoms. The van der Waals surface area contributed by atoms with Crippen molar-refractivity contribution in [2.24, 2.45) is 11.7 Å². The molecule has 5 rings (SSSR count). The Morgan fingerprint density at radius 2 is 1.79 bits per heavy atom. The number of halogens is 3. The largest absolute Gasteiger partial charge is 0.385 e. The van der Waals surface area contributed by atoms with Crippen LogP contribution in [0.3, 0.4) is 0 Å². The molecule has 1 aromatic carbocycles. The van der Waals surface area contributed by atoms with E-state index in [4.69, 9.17) is 10.5 Å². The van der Waals surface area contributed by atoms with E-state index in [2.05, 4.69) is 16.9 Å². The third-order valence-electron chi connectivity index (χ3n) is 7.98. The Labute approximate surface area is 225 Å².